The normalized spacial score (nSPS) is 24.8. The lowest BCUT2D eigenvalue weighted by atomic mass is 9.86. The maximum absolute atomic E-state index is 14.4. The Balaban J connectivity index is 1.16. The molecule has 0 spiro atoms. The van der Waals surface area contributed by atoms with E-state index >= 15 is 0 Å². The standard InChI is InChI=1S/C43H49N5O7/c1-6-27-22-43(27,40(51)52)47-39(50)34-20-29(55-36-21-32(25-12-8-7-9-13-25)45-33-19-28(54-5)16-17-31(33)36)24-48(34)41(53)46-37(42(2,3)4)23-44-38-30-15-11-10-14-26(30)18-35(38)49/h6-17,19,21,27,29,34-35,37-38,44,49H,1,18,20,22-24H2,2-5H3,(H,46,53)(H,47,50)(H,51,52)/t27-,29-,34+,35-,37?,38+,43-/m1/s1. The van der Waals surface area contributed by atoms with Gasteiger partial charge in [0, 0.05) is 54.4 Å². The Morgan fingerprint density at radius 3 is 2.51 bits per heavy atom. The highest BCUT2D eigenvalue weighted by Gasteiger charge is 2.61. The van der Waals surface area contributed by atoms with Crippen LogP contribution in [0.3, 0.4) is 0 Å². The predicted octanol–water partition coefficient (Wildman–Crippen LogP) is 5.25. The molecule has 4 aromatic rings. The number of ether oxygens (including phenoxy) is 2. The molecule has 5 N–H and O–H groups in total. The van der Waals surface area contributed by atoms with Gasteiger partial charge in [-0.15, -0.1) is 6.58 Å². The number of urea groups is 1. The zero-order valence-electron chi connectivity index (χ0n) is 31.6. The number of aliphatic hydroxyl groups is 1. The Bertz CT molecular complexity index is 2100. The molecule has 1 saturated carbocycles. The molecule has 1 aliphatic heterocycles. The van der Waals surface area contributed by atoms with Crippen LogP contribution in [0.5, 0.6) is 11.5 Å². The molecule has 1 unspecified atom stereocenters. The van der Waals surface area contributed by atoms with Gasteiger partial charge in [-0.2, -0.15) is 0 Å². The molecule has 1 saturated heterocycles. The number of nitrogens with zero attached hydrogens (tertiary/aromatic N) is 2. The molecular weight excluding hydrogens is 699 g/mol. The van der Waals surface area contributed by atoms with Crippen molar-refractivity contribution < 1.29 is 34.1 Å². The summed E-state index contributed by atoms with van der Waals surface area (Å²) >= 11 is 0. The smallest absolute Gasteiger partial charge is 0.330 e. The first kappa shape index (κ1) is 37.8. The largest absolute Gasteiger partial charge is 0.497 e. The van der Waals surface area contributed by atoms with Crippen molar-refractivity contribution in [3.8, 4) is 22.8 Å². The minimum Gasteiger partial charge on any atom is -0.497 e. The van der Waals surface area contributed by atoms with Gasteiger partial charge in [-0.1, -0.05) is 81.4 Å². The minimum atomic E-state index is -1.47. The Kier molecular flexibility index (Phi) is 10.3. The lowest BCUT2D eigenvalue weighted by molar-refractivity contribution is -0.144. The number of carboxylic acid groups (broad SMARTS) is 1. The highest BCUT2D eigenvalue weighted by Crippen LogP contribution is 2.45. The number of carboxylic acids is 1. The first-order chi connectivity index (χ1) is 26.3. The van der Waals surface area contributed by atoms with Crippen molar-refractivity contribution in [3.63, 3.8) is 0 Å². The third kappa shape index (κ3) is 7.61. The first-order valence-electron chi connectivity index (χ1n) is 18.8. The van der Waals surface area contributed by atoms with E-state index in [0.717, 1.165) is 22.1 Å². The van der Waals surface area contributed by atoms with Crippen LogP contribution in [0.2, 0.25) is 0 Å². The molecule has 3 aromatic carbocycles. The lowest BCUT2D eigenvalue weighted by Crippen LogP contribution is -2.58. The number of pyridine rings is 1. The third-order valence-electron chi connectivity index (χ3n) is 11.3. The van der Waals surface area contributed by atoms with Gasteiger partial charge in [-0.05, 0) is 35.1 Å². The molecule has 7 rings (SSSR count). The molecule has 2 aliphatic carbocycles. The summed E-state index contributed by atoms with van der Waals surface area (Å²) in [6.45, 7) is 10.2. The van der Waals surface area contributed by atoms with Crippen LogP contribution >= 0.6 is 0 Å². The Morgan fingerprint density at radius 1 is 1.07 bits per heavy atom. The molecule has 12 heteroatoms. The van der Waals surface area contributed by atoms with Crippen LogP contribution < -0.4 is 25.4 Å². The molecule has 55 heavy (non-hydrogen) atoms. The molecule has 12 nitrogen and oxygen atoms in total. The summed E-state index contributed by atoms with van der Waals surface area (Å²) in [5, 5.41) is 31.2. The SMILES string of the molecule is C=C[C@@H]1C[C@]1(NC(=O)[C@@H]1C[C@@H](Oc2cc(-c3ccccc3)nc3cc(OC)ccc23)CN1C(=O)NC(CN[C@H]1c2ccccc2C[C@H]1O)C(C)(C)C)C(=O)O. The lowest BCUT2D eigenvalue weighted by Gasteiger charge is -2.35. The summed E-state index contributed by atoms with van der Waals surface area (Å²) in [6.07, 6.45) is 1.20. The van der Waals surface area contributed by atoms with Gasteiger partial charge >= 0.3 is 12.0 Å². The van der Waals surface area contributed by atoms with Crippen LogP contribution in [0.15, 0.2) is 91.5 Å². The van der Waals surface area contributed by atoms with E-state index in [1.807, 2.05) is 99.6 Å². The predicted molar refractivity (Wildman–Crippen MR) is 209 cm³/mol. The molecule has 288 valence electrons. The van der Waals surface area contributed by atoms with Crippen molar-refractivity contribution in [2.75, 3.05) is 20.2 Å². The molecule has 2 heterocycles. The molecule has 0 bridgehead atoms. The van der Waals surface area contributed by atoms with Gasteiger partial charge in [0.05, 0.1) is 37.0 Å². The number of carbonyl (C=O) groups is 3. The second-order valence-corrected chi connectivity index (χ2v) is 15.9. The van der Waals surface area contributed by atoms with Crippen molar-refractivity contribution in [2.45, 2.75) is 75.9 Å². The number of methoxy groups -OCH3 is 1. The Morgan fingerprint density at radius 2 is 1.82 bits per heavy atom. The molecule has 1 aromatic heterocycles. The van der Waals surface area contributed by atoms with Gasteiger partial charge in [0.25, 0.3) is 0 Å². The van der Waals surface area contributed by atoms with Crippen molar-refractivity contribution in [1.82, 2.24) is 25.8 Å². The van der Waals surface area contributed by atoms with Crippen LogP contribution in [-0.4, -0.2) is 88.0 Å². The molecule has 2 fully saturated rings. The average molecular weight is 748 g/mol. The maximum atomic E-state index is 14.4. The summed E-state index contributed by atoms with van der Waals surface area (Å²) < 4.78 is 12.2. The number of hydrogen-bond donors (Lipinski definition) is 5. The van der Waals surface area contributed by atoms with Gasteiger partial charge in [0.2, 0.25) is 5.91 Å². The minimum absolute atomic E-state index is 0.0640. The summed E-state index contributed by atoms with van der Waals surface area (Å²) in [7, 11) is 1.59. The number of aromatic nitrogens is 1. The summed E-state index contributed by atoms with van der Waals surface area (Å²) in [6, 6.07) is 22.8. The average Bonchev–Trinajstić information content (AvgIpc) is 3.57. The quantitative estimate of drug-likeness (QED) is 0.122. The summed E-state index contributed by atoms with van der Waals surface area (Å²) in [5.41, 5.74) is 2.46. The summed E-state index contributed by atoms with van der Waals surface area (Å²) in [5.74, 6) is -0.973. The second kappa shape index (κ2) is 15.0. The molecule has 3 amide bonds. The monoisotopic (exact) mass is 747 g/mol. The van der Waals surface area contributed by atoms with Gasteiger partial charge in [-0.3, -0.25) is 4.79 Å². The van der Waals surface area contributed by atoms with E-state index in [-0.39, 0.29) is 25.4 Å². The zero-order valence-corrected chi connectivity index (χ0v) is 31.6. The number of nitrogens with one attached hydrogen (secondary N) is 3. The van der Waals surface area contributed by atoms with Crippen LogP contribution in [0.25, 0.3) is 22.2 Å². The molecular formula is C43H49N5O7. The van der Waals surface area contributed by atoms with Crippen LogP contribution in [0.1, 0.15) is 50.8 Å². The Hall–Kier alpha value is -5.46. The van der Waals surface area contributed by atoms with Crippen molar-refractivity contribution in [1.29, 1.82) is 0 Å². The van der Waals surface area contributed by atoms with E-state index in [1.165, 1.54) is 11.0 Å². The fraction of sp³-hybridized carbons (Fsp3) is 0.395. The van der Waals surface area contributed by atoms with Gasteiger partial charge < -0.3 is 40.5 Å². The molecule has 7 atom stereocenters. The molecule has 0 radical (unpaired) electrons. The second-order valence-electron chi connectivity index (χ2n) is 15.9. The number of aliphatic carboxylic acids is 1. The number of fused-ring (bicyclic) bond motifs is 2. The van der Waals surface area contributed by atoms with E-state index in [1.54, 1.807) is 7.11 Å². The van der Waals surface area contributed by atoms with Crippen LogP contribution in [0.4, 0.5) is 4.79 Å². The van der Waals surface area contributed by atoms with Crippen LogP contribution in [-0.2, 0) is 16.0 Å². The summed E-state index contributed by atoms with van der Waals surface area (Å²) in [4.78, 5) is 47.2. The number of carbonyl (C=O) groups excluding carboxylic acids is 2. The van der Waals surface area contributed by atoms with Crippen molar-refractivity contribution in [3.05, 3.63) is 103 Å². The third-order valence-corrected chi connectivity index (χ3v) is 11.3. The van der Waals surface area contributed by atoms with E-state index in [9.17, 15) is 24.6 Å². The number of rotatable bonds is 12. The van der Waals surface area contributed by atoms with E-state index in [2.05, 4.69) is 22.5 Å². The van der Waals surface area contributed by atoms with Gasteiger partial charge in [0.15, 0.2) is 0 Å². The molecule has 3 aliphatic rings. The fourth-order valence-corrected chi connectivity index (χ4v) is 7.88. The first-order valence-corrected chi connectivity index (χ1v) is 18.8. The fourth-order valence-electron chi connectivity index (χ4n) is 7.88. The zero-order chi connectivity index (χ0) is 39.1. The number of aliphatic hydroxyl groups excluding tert-OH is 1. The number of likely N-dealkylation sites (tertiary alicyclic amines) is 1. The topological polar surface area (TPSA) is 162 Å². The Labute approximate surface area is 320 Å². The van der Waals surface area contributed by atoms with E-state index in [4.69, 9.17) is 14.5 Å². The number of hydrogen-bond acceptors (Lipinski definition) is 8. The van der Waals surface area contributed by atoms with E-state index < -0.39 is 59.1 Å². The highest BCUT2D eigenvalue weighted by molar-refractivity contribution is 5.95. The maximum Gasteiger partial charge on any atom is 0.330 e. The van der Waals surface area contributed by atoms with Gasteiger partial charge in [0.1, 0.15) is 29.2 Å². The van der Waals surface area contributed by atoms with Crippen molar-refractivity contribution in [2.24, 2.45) is 11.3 Å². The van der Waals surface area contributed by atoms with E-state index in [0.29, 0.717) is 35.7 Å². The number of benzene rings is 3. The number of amides is 3. The highest BCUT2D eigenvalue weighted by atomic mass is 16.5. The van der Waals surface area contributed by atoms with Crippen LogP contribution in [0, 0.1) is 11.3 Å². The van der Waals surface area contributed by atoms with Gasteiger partial charge in [-0.25, -0.2) is 14.6 Å². The van der Waals surface area contributed by atoms with Crippen molar-refractivity contribution >= 4 is 28.8 Å².